The molecule has 2 fully saturated rings. The lowest BCUT2D eigenvalue weighted by Crippen LogP contribution is -2.52. The number of piperazine rings is 1. The minimum absolute atomic E-state index is 0.0660. The van der Waals surface area contributed by atoms with Gasteiger partial charge in [0, 0.05) is 38.8 Å². The predicted molar refractivity (Wildman–Crippen MR) is 101 cm³/mol. The summed E-state index contributed by atoms with van der Waals surface area (Å²) >= 11 is 0. The van der Waals surface area contributed by atoms with Crippen LogP contribution in [0.1, 0.15) is 12.0 Å². The van der Waals surface area contributed by atoms with Crippen molar-refractivity contribution >= 4 is 17.5 Å². The first-order valence-corrected chi connectivity index (χ1v) is 9.35. The lowest BCUT2D eigenvalue weighted by Gasteiger charge is -2.37. The second-order valence-corrected chi connectivity index (χ2v) is 7.18. The Morgan fingerprint density at radius 3 is 2.29 bits per heavy atom. The second-order valence-electron chi connectivity index (χ2n) is 7.18. The molecule has 0 spiro atoms. The third kappa shape index (κ3) is 3.68. The first-order chi connectivity index (χ1) is 13.5. The monoisotopic (exact) mass is 385 g/mol. The van der Waals surface area contributed by atoms with Gasteiger partial charge in [0.25, 0.3) is 5.91 Å². The van der Waals surface area contributed by atoms with E-state index in [2.05, 4.69) is 17.0 Å². The van der Waals surface area contributed by atoms with Gasteiger partial charge in [-0.2, -0.15) is 0 Å². The number of carbonyl (C=O) groups excluding carboxylic acids is 2. The van der Waals surface area contributed by atoms with Crippen molar-refractivity contribution in [3.63, 3.8) is 0 Å². The van der Waals surface area contributed by atoms with Crippen molar-refractivity contribution < 1.29 is 18.4 Å². The summed E-state index contributed by atoms with van der Waals surface area (Å²) in [6.45, 7) is 3.83. The number of nitrogens with zero attached hydrogens (tertiary/aromatic N) is 3. The van der Waals surface area contributed by atoms with Gasteiger partial charge >= 0.3 is 0 Å². The zero-order valence-electron chi connectivity index (χ0n) is 15.4. The molecule has 0 saturated carbocycles. The Bertz CT molecular complexity index is 882. The summed E-state index contributed by atoms with van der Waals surface area (Å²) in [5, 5.41) is 0. The van der Waals surface area contributed by atoms with Crippen LogP contribution in [0.5, 0.6) is 0 Å². The van der Waals surface area contributed by atoms with Gasteiger partial charge in [-0.15, -0.1) is 0 Å². The fourth-order valence-electron chi connectivity index (χ4n) is 3.87. The number of halogens is 2. The van der Waals surface area contributed by atoms with E-state index in [1.807, 2.05) is 23.1 Å². The zero-order valence-corrected chi connectivity index (χ0v) is 15.4. The average molecular weight is 385 g/mol. The second kappa shape index (κ2) is 7.77. The van der Waals surface area contributed by atoms with Gasteiger partial charge in [0.05, 0.1) is 18.2 Å². The summed E-state index contributed by atoms with van der Waals surface area (Å²) in [5.41, 5.74) is 1.33. The molecule has 2 heterocycles. The van der Waals surface area contributed by atoms with Crippen molar-refractivity contribution in [2.24, 2.45) is 0 Å². The van der Waals surface area contributed by atoms with Crippen LogP contribution in [0.15, 0.2) is 48.5 Å². The highest BCUT2D eigenvalue weighted by atomic mass is 19.2. The molecular formula is C21H21F2N3O2. The third-order valence-corrected chi connectivity index (χ3v) is 5.38. The van der Waals surface area contributed by atoms with E-state index in [9.17, 15) is 18.4 Å². The van der Waals surface area contributed by atoms with Crippen LogP contribution in [-0.2, 0) is 16.1 Å². The first-order valence-electron chi connectivity index (χ1n) is 9.35. The molecule has 7 heteroatoms. The fraction of sp³-hybridized carbons (Fsp3) is 0.333. The number of anilines is 1. The first kappa shape index (κ1) is 18.7. The molecule has 0 aromatic heterocycles. The van der Waals surface area contributed by atoms with Crippen molar-refractivity contribution in [3.8, 4) is 0 Å². The van der Waals surface area contributed by atoms with Gasteiger partial charge in [-0.25, -0.2) is 13.7 Å². The lowest BCUT2D eigenvalue weighted by atomic mass is 10.1. The fourth-order valence-corrected chi connectivity index (χ4v) is 3.87. The van der Waals surface area contributed by atoms with Crippen LogP contribution in [-0.4, -0.2) is 53.8 Å². The van der Waals surface area contributed by atoms with Gasteiger partial charge in [-0.3, -0.25) is 19.4 Å². The van der Waals surface area contributed by atoms with Gasteiger partial charge in [0.1, 0.15) is 0 Å². The van der Waals surface area contributed by atoms with Crippen LogP contribution >= 0.6 is 0 Å². The highest BCUT2D eigenvalue weighted by Crippen LogP contribution is 2.27. The van der Waals surface area contributed by atoms with Gasteiger partial charge < -0.3 is 0 Å². The minimum atomic E-state index is -1.07. The van der Waals surface area contributed by atoms with Crippen molar-refractivity contribution in [3.05, 3.63) is 65.7 Å². The number of carbonyl (C=O) groups is 2. The summed E-state index contributed by atoms with van der Waals surface area (Å²) in [6.07, 6.45) is 0.0660. The van der Waals surface area contributed by atoms with E-state index in [0.717, 1.165) is 36.7 Å². The molecule has 1 atom stereocenters. The summed E-state index contributed by atoms with van der Waals surface area (Å²) in [7, 11) is 0. The molecule has 2 aromatic carbocycles. The van der Waals surface area contributed by atoms with Crippen LogP contribution in [0.3, 0.4) is 0 Å². The molecule has 0 radical (unpaired) electrons. The Morgan fingerprint density at radius 2 is 1.61 bits per heavy atom. The van der Waals surface area contributed by atoms with Gasteiger partial charge in [-0.05, 0) is 17.7 Å². The molecule has 2 aromatic rings. The van der Waals surface area contributed by atoms with Crippen molar-refractivity contribution in [2.75, 3.05) is 31.1 Å². The van der Waals surface area contributed by atoms with Crippen LogP contribution in [0.25, 0.3) is 0 Å². The number of benzene rings is 2. The molecule has 28 heavy (non-hydrogen) atoms. The Labute approximate surface area is 162 Å². The summed E-state index contributed by atoms with van der Waals surface area (Å²) in [5.74, 6) is -2.83. The van der Waals surface area contributed by atoms with Crippen LogP contribution < -0.4 is 4.90 Å². The number of amides is 2. The Morgan fingerprint density at radius 1 is 0.893 bits per heavy atom. The van der Waals surface area contributed by atoms with Crippen LogP contribution in [0.4, 0.5) is 14.5 Å². The smallest absolute Gasteiger partial charge is 0.251 e. The quantitative estimate of drug-likeness (QED) is 0.759. The van der Waals surface area contributed by atoms with E-state index in [1.165, 1.54) is 11.6 Å². The SMILES string of the molecule is O=C1CC(N2CCN(Cc3ccccc3)CC2)C(=O)N1c1ccc(F)c(F)c1. The molecule has 2 aliphatic rings. The Hall–Kier alpha value is -2.64. The topological polar surface area (TPSA) is 43.9 Å². The highest BCUT2D eigenvalue weighted by molar-refractivity contribution is 6.22. The third-order valence-electron chi connectivity index (χ3n) is 5.38. The molecule has 2 saturated heterocycles. The molecule has 2 aliphatic heterocycles. The summed E-state index contributed by atoms with van der Waals surface area (Å²) in [4.78, 5) is 30.5. The highest BCUT2D eigenvalue weighted by Gasteiger charge is 2.43. The molecule has 2 amide bonds. The standard InChI is InChI=1S/C21H21F2N3O2/c22-17-7-6-16(12-18(17)23)26-20(27)13-19(21(26)28)25-10-8-24(9-11-25)14-15-4-2-1-3-5-15/h1-7,12,19H,8-11,13-14H2. The molecule has 4 rings (SSSR count). The van der Waals surface area contributed by atoms with Crippen molar-refractivity contribution in [1.29, 1.82) is 0 Å². The number of hydrogen-bond donors (Lipinski definition) is 0. The van der Waals surface area contributed by atoms with E-state index in [4.69, 9.17) is 0 Å². The van der Waals surface area contributed by atoms with E-state index >= 15 is 0 Å². The molecule has 1 unspecified atom stereocenters. The van der Waals surface area contributed by atoms with E-state index < -0.39 is 17.7 Å². The number of hydrogen-bond acceptors (Lipinski definition) is 4. The summed E-state index contributed by atoms with van der Waals surface area (Å²) < 4.78 is 26.7. The van der Waals surface area contributed by atoms with Crippen LogP contribution in [0, 0.1) is 11.6 Å². The molecule has 146 valence electrons. The molecule has 0 bridgehead atoms. The lowest BCUT2D eigenvalue weighted by molar-refractivity contribution is -0.123. The van der Waals surface area contributed by atoms with E-state index in [0.29, 0.717) is 13.1 Å². The Kier molecular flexibility index (Phi) is 5.19. The van der Waals surface area contributed by atoms with E-state index in [1.54, 1.807) is 0 Å². The summed E-state index contributed by atoms with van der Waals surface area (Å²) in [6, 6.07) is 12.7. The van der Waals surface area contributed by atoms with Gasteiger partial charge in [0.2, 0.25) is 5.91 Å². The minimum Gasteiger partial charge on any atom is -0.297 e. The predicted octanol–water partition coefficient (Wildman–Crippen LogP) is 2.41. The molecule has 5 nitrogen and oxygen atoms in total. The normalized spacial score (nSPS) is 21.5. The van der Waals surface area contributed by atoms with Crippen molar-refractivity contribution in [2.45, 2.75) is 19.0 Å². The zero-order chi connectivity index (χ0) is 19.7. The largest absolute Gasteiger partial charge is 0.297 e. The maximum Gasteiger partial charge on any atom is 0.251 e. The van der Waals surface area contributed by atoms with Gasteiger partial charge in [-0.1, -0.05) is 30.3 Å². The van der Waals surface area contributed by atoms with E-state index in [-0.39, 0.29) is 23.9 Å². The van der Waals surface area contributed by atoms with Crippen molar-refractivity contribution in [1.82, 2.24) is 9.80 Å². The Balaban J connectivity index is 1.40. The molecule has 0 N–H and O–H groups in total. The number of imide groups is 1. The number of rotatable bonds is 4. The van der Waals surface area contributed by atoms with Crippen LogP contribution in [0.2, 0.25) is 0 Å². The maximum atomic E-state index is 13.5. The molecule has 0 aliphatic carbocycles. The maximum absolute atomic E-state index is 13.5. The molecular weight excluding hydrogens is 364 g/mol. The average Bonchev–Trinajstić information content (AvgIpc) is 3.00. The van der Waals surface area contributed by atoms with Gasteiger partial charge in [0.15, 0.2) is 11.6 Å².